The minimum atomic E-state index is -0.480. The third kappa shape index (κ3) is 3.71. The van der Waals surface area contributed by atoms with Crippen molar-refractivity contribution in [3.05, 3.63) is 18.2 Å². The van der Waals surface area contributed by atoms with Gasteiger partial charge >= 0.3 is 0 Å². The fourth-order valence-corrected chi connectivity index (χ4v) is 2.95. The molecular weight excluding hydrogens is 287 g/mol. The normalized spacial score (nSPS) is 21.3. The summed E-state index contributed by atoms with van der Waals surface area (Å²) in [6, 6.07) is 0. The summed E-state index contributed by atoms with van der Waals surface area (Å²) in [6.45, 7) is 3.16. The van der Waals surface area contributed by atoms with E-state index in [9.17, 15) is 9.18 Å². The van der Waals surface area contributed by atoms with Gasteiger partial charge in [0, 0.05) is 26.2 Å². The molecule has 2 fully saturated rings. The number of likely N-dealkylation sites (tertiary alicyclic amines) is 1. The van der Waals surface area contributed by atoms with Crippen LogP contribution in [-0.4, -0.2) is 59.7 Å². The zero-order chi connectivity index (χ0) is 15.4. The largest absolute Gasteiger partial charge is 0.376 e. The van der Waals surface area contributed by atoms with Crippen LogP contribution in [0.4, 0.5) is 10.3 Å². The molecule has 1 atom stereocenters. The summed E-state index contributed by atoms with van der Waals surface area (Å²) < 4.78 is 18.7. The zero-order valence-electron chi connectivity index (χ0n) is 12.6. The molecule has 120 valence electrons. The van der Waals surface area contributed by atoms with E-state index in [0.29, 0.717) is 12.5 Å². The quantitative estimate of drug-likeness (QED) is 0.819. The lowest BCUT2D eigenvalue weighted by atomic mass is 10.2. The number of hydrogen-bond acceptors (Lipinski definition) is 5. The first-order valence-corrected chi connectivity index (χ1v) is 7.84. The van der Waals surface area contributed by atoms with E-state index in [2.05, 4.69) is 9.97 Å². The summed E-state index contributed by atoms with van der Waals surface area (Å²) in [5.41, 5.74) is 0. The van der Waals surface area contributed by atoms with Crippen molar-refractivity contribution in [3.8, 4) is 0 Å². The zero-order valence-corrected chi connectivity index (χ0v) is 12.6. The molecule has 0 spiro atoms. The molecule has 0 N–H and O–H groups in total. The van der Waals surface area contributed by atoms with Crippen LogP contribution in [-0.2, 0) is 9.53 Å². The van der Waals surface area contributed by atoms with Gasteiger partial charge in [0.25, 0.3) is 0 Å². The Labute approximate surface area is 129 Å². The minimum absolute atomic E-state index is 0.0726. The van der Waals surface area contributed by atoms with E-state index in [1.807, 2.05) is 4.90 Å². The Balaban J connectivity index is 1.69. The molecule has 7 heteroatoms. The summed E-state index contributed by atoms with van der Waals surface area (Å²) >= 11 is 0. The van der Waals surface area contributed by atoms with E-state index in [4.69, 9.17) is 4.74 Å². The van der Waals surface area contributed by atoms with Crippen molar-refractivity contribution in [2.24, 2.45) is 0 Å². The Hall–Kier alpha value is -1.76. The SMILES string of the molecule is O=C(CN(C[C@@H]1CCCO1)c1ncc(F)cn1)N1CCCC1. The Morgan fingerprint density at radius 1 is 1.32 bits per heavy atom. The number of carbonyl (C=O) groups is 1. The Kier molecular flexibility index (Phi) is 4.82. The van der Waals surface area contributed by atoms with Crippen LogP contribution in [0.5, 0.6) is 0 Å². The minimum Gasteiger partial charge on any atom is -0.376 e. The maximum Gasteiger partial charge on any atom is 0.242 e. The molecule has 3 heterocycles. The smallest absolute Gasteiger partial charge is 0.242 e. The second-order valence-electron chi connectivity index (χ2n) is 5.80. The van der Waals surface area contributed by atoms with Crippen LogP contribution in [0, 0.1) is 5.82 Å². The standard InChI is InChI=1S/C15H21FN4O2/c16-12-8-17-15(18-9-12)20(10-13-4-3-7-22-13)11-14(21)19-5-1-2-6-19/h8-9,13H,1-7,10-11H2/t13-/m0/s1. The number of amides is 1. The highest BCUT2D eigenvalue weighted by Gasteiger charge is 2.25. The lowest BCUT2D eigenvalue weighted by Gasteiger charge is -2.26. The molecule has 0 bridgehead atoms. The van der Waals surface area contributed by atoms with Crippen molar-refractivity contribution in [3.63, 3.8) is 0 Å². The van der Waals surface area contributed by atoms with E-state index < -0.39 is 5.82 Å². The maximum absolute atomic E-state index is 13.0. The molecule has 2 aliphatic rings. The van der Waals surface area contributed by atoms with Crippen LogP contribution in [0.1, 0.15) is 25.7 Å². The predicted molar refractivity (Wildman–Crippen MR) is 79.0 cm³/mol. The second kappa shape index (κ2) is 7.00. The van der Waals surface area contributed by atoms with Crippen molar-refractivity contribution in [1.82, 2.24) is 14.9 Å². The number of halogens is 1. The van der Waals surface area contributed by atoms with Crippen molar-refractivity contribution in [2.45, 2.75) is 31.8 Å². The lowest BCUT2D eigenvalue weighted by Crippen LogP contribution is -2.42. The van der Waals surface area contributed by atoms with Crippen LogP contribution in [0.2, 0.25) is 0 Å². The van der Waals surface area contributed by atoms with Gasteiger partial charge in [-0.15, -0.1) is 0 Å². The van der Waals surface area contributed by atoms with Crippen LogP contribution in [0.15, 0.2) is 12.4 Å². The van der Waals surface area contributed by atoms with Gasteiger partial charge in [-0.2, -0.15) is 0 Å². The number of nitrogens with zero attached hydrogens (tertiary/aromatic N) is 4. The number of rotatable bonds is 5. The molecule has 0 saturated carbocycles. The van der Waals surface area contributed by atoms with Gasteiger partial charge in [0.15, 0.2) is 5.82 Å². The molecule has 1 aromatic rings. The van der Waals surface area contributed by atoms with Crippen molar-refractivity contribution >= 4 is 11.9 Å². The monoisotopic (exact) mass is 308 g/mol. The lowest BCUT2D eigenvalue weighted by molar-refractivity contribution is -0.128. The number of aromatic nitrogens is 2. The molecule has 0 aliphatic carbocycles. The summed E-state index contributed by atoms with van der Waals surface area (Å²) in [7, 11) is 0. The van der Waals surface area contributed by atoms with E-state index in [1.165, 1.54) is 0 Å². The van der Waals surface area contributed by atoms with Crippen LogP contribution < -0.4 is 4.90 Å². The molecule has 0 radical (unpaired) electrons. The molecule has 2 aliphatic heterocycles. The van der Waals surface area contributed by atoms with Crippen LogP contribution in [0.25, 0.3) is 0 Å². The van der Waals surface area contributed by atoms with Crippen molar-refractivity contribution in [2.75, 3.05) is 37.7 Å². The van der Waals surface area contributed by atoms with Crippen molar-refractivity contribution in [1.29, 1.82) is 0 Å². The van der Waals surface area contributed by atoms with E-state index in [1.54, 1.807) is 4.90 Å². The first-order valence-electron chi connectivity index (χ1n) is 7.84. The number of ether oxygens (including phenoxy) is 1. The molecule has 0 unspecified atom stereocenters. The molecule has 2 saturated heterocycles. The second-order valence-corrected chi connectivity index (χ2v) is 5.80. The molecule has 22 heavy (non-hydrogen) atoms. The molecule has 3 rings (SSSR count). The van der Waals surface area contributed by atoms with Gasteiger partial charge in [0.05, 0.1) is 18.5 Å². The summed E-state index contributed by atoms with van der Waals surface area (Å²) in [6.07, 6.45) is 6.46. The number of carbonyl (C=O) groups excluding carboxylic acids is 1. The van der Waals surface area contributed by atoms with E-state index >= 15 is 0 Å². The molecule has 6 nitrogen and oxygen atoms in total. The van der Waals surface area contributed by atoms with Gasteiger partial charge in [0.2, 0.25) is 11.9 Å². The number of hydrogen-bond donors (Lipinski definition) is 0. The van der Waals surface area contributed by atoms with Gasteiger partial charge in [-0.25, -0.2) is 14.4 Å². The molecule has 1 aromatic heterocycles. The number of anilines is 1. The third-order valence-electron chi connectivity index (χ3n) is 4.12. The highest BCUT2D eigenvalue weighted by atomic mass is 19.1. The first-order chi connectivity index (χ1) is 10.7. The predicted octanol–water partition coefficient (Wildman–Crippen LogP) is 1.22. The highest BCUT2D eigenvalue weighted by Crippen LogP contribution is 2.17. The van der Waals surface area contributed by atoms with Gasteiger partial charge in [-0.1, -0.05) is 0 Å². The van der Waals surface area contributed by atoms with Crippen LogP contribution in [0.3, 0.4) is 0 Å². The van der Waals surface area contributed by atoms with Gasteiger partial charge in [-0.05, 0) is 25.7 Å². The third-order valence-corrected chi connectivity index (χ3v) is 4.12. The fourth-order valence-electron chi connectivity index (χ4n) is 2.95. The molecule has 1 amide bonds. The average molecular weight is 308 g/mol. The fraction of sp³-hybridized carbons (Fsp3) is 0.667. The Bertz CT molecular complexity index is 499. The van der Waals surface area contributed by atoms with Crippen molar-refractivity contribution < 1.29 is 13.9 Å². The van der Waals surface area contributed by atoms with Gasteiger partial charge < -0.3 is 14.5 Å². The van der Waals surface area contributed by atoms with E-state index in [-0.39, 0.29) is 18.6 Å². The summed E-state index contributed by atoms with van der Waals surface area (Å²) in [4.78, 5) is 24.1. The maximum atomic E-state index is 13.0. The Morgan fingerprint density at radius 2 is 2.05 bits per heavy atom. The topological polar surface area (TPSA) is 58.6 Å². The summed E-state index contributed by atoms with van der Waals surface area (Å²) in [5, 5.41) is 0. The molecular formula is C15H21FN4O2. The Morgan fingerprint density at radius 3 is 2.68 bits per heavy atom. The van der Waals surface area contributed by atoms with E-state index in [0.717, 1.165) is 57.8 Å². The first kappa shape index (κ1) is 15.1. The highest BCUT2D eigenvalue weighted by molar-refractivity contribution is 5.81. The van der Waals surface area contributed by atoms with Gasteiger partial charge in [-0.3, -0.25) is 4.79 Å². The van der Waals surface area contributed by atoms with Crippen LogP contribution >= 0.6 is 0 Å². The molecule has 0 aromatic carbocycles. The van der Waals surface area contributed by atoms with Gasteiger partial charge in [0.1, 0.15) is 6.54 Å². The average Bonchev–Trinajstić information content (AvgIpc) is 3.21. The summed E-state index contributed by atoms with van der Waals surface area (Å²) in [5.74, 6) is -0.0282.